The van der Waals surface area contributed by atoms with Gasteiger partial charge >= 0.3 is 0 Å². The molecule has 0 aliphatic heterocycles. The van der Waals surface area contributed by atoms with Crippen molar-refractivity contribution in [2.75, 3.05) is 7.11 Å². The molecule has 3 aromatic rings. The first-order valence-electron chi connectivity index (χ1n) is 13.1. The Hall–Kier alpha value is -3.02. The van der Waals surface area contributed by atoms with Gasteiger partial charge in [0, 0.05) is 29.1 Å². The fourth-order valence-corrected chi connectivity index (χ4v) is 5.42. The number of carbonyl (C=O) groups is 2. The van der Waals surface area contributed by atoms with Gasteiger partial charge in [-0.3, -0.25) is 9.59 Å². The number of nitrogens with zero attached hydrogens (tertiary/aromatic N) is 1. The van der Waals surface area contributed by atoms with Crippen molar-refractivity contribution in [2.45, 2.75) is 63.6 Å². The molecule has 7 heteroatoms. The lowest BCUT2D eigenvalue weighted by Gasteiger charge is -2.34. The molecule has 0 aromatic heterocycles. The molecule has 1 aliphatic rings. The minimum absolute atomic E-state index is 0.131. The van der Waals surface area contributed by atoms with Crippen molar-refractivity contribution in [3.8, 4) is 5.75 Å². The monoisotopic (exact) mass is 552 g/mol. The van der Waals surface area contributed by atoms with Gasteiger partial charge in [-0.1, -0.05) is 91.0 Å². The Labute approximate surface area is 235 Å². The van der Waals surface area contributed by atoms with Crippen LogP contribution >= 0.6 is 23.2 Å². The van der Waals surface area contributed by atoms with E-state index in [1.807, 2.05) is 60.7 Å². The number of amides is 2. The van der Waals surface area contributed by atoms with Crippen LogP contribution in [0.5, 0.6) is 5.75 Å². The molecule has 0 radical (unpaired) electrons. The second-order valence-corrected chi connectivity index (χ2v) is 10.7. The van der Waals surface area contributed by atoms with Gasteiger partial charge in [0.2, 0.25) is 11.8 Å². The van der Waals surface area contributed by atoms with Crippen molar-refractivity contribution in [2.24, 2.45) is 0 Å². The summed E-state index contributed by atoms with van der Waals surface area (Å²) in [5, 5.41) is 4.24. The van der Waals surface area contributed by atoms with E-state index in [0.717, 1.165) is 48.1 Å². The van der Waals surface area contributed by atoms with Crippen LogP contribution in [0.15, 0.2) is 72.8 Å². The Morgan fingerprint density at radius 1 is 0.947 bits per heavy atom. The number of carbonyl (C=O) groups excluding carboxylic acids is 2. The number of methoxy groups -OCH3 is 1. The average Bonchev–Trinajstić information content (AvgIpc) is 2.93. The molecule has 0 saturated heterocycles. The fourth-order valence-electron chi connectivity index (χ4n) is 4.95. The molecule has 1 saturated carbocycles. The largest absolute Gasteiger partial charge is 0.497 e. The Balaban J connectivity index is 1.66. The summed E-state index contributed by atoms with van der Waals surface area (Å²) in [5.41, 5.74) is 2.57. The average molecular weight is 554 g/mol. The van der Waals surface area contributed by atoms with Crippen molar-refractivity contribution >= 4 is 35.0 Å². The van der Waals surface area contributed by atoms with Gasteiger partial charge in [0.1, 0.15) is 11.8 Å². The highest BCUT2D eigenvalue weighted by molar-refractivity contribution is 6.35. The van der Waals surface area contributed by atoms with Crippen molar-refractivity contribution < 1.29 is 14.3 Å². The zero-order valence-electron chi connectivity index (χ0n) is 21.7. The first kappa shape index (κ1) is 28.0. The molecular weight excluding hydrogens is 519 g/mol. The number of rotatable bonds is 10. The van der Waals surface area contributed by atoms with E-state index < -0.39 is 6.04 Å². The zero-order chi connectivity index (χ0) is 26.9. The van der Waals surface area contributed by atoms with Gasteiger partial charge in [-0.05, 0) is 53.8 Å². The van der Waals surface area contributed by atoms with Gasteiger partial charge in [0.05, 0.1) is 13.5 Å². The molecule has 1 atom stereocenters. The molecule has 1 aliphatic carbocycles. The number of halogens is 2. The summed E-state index contributed by atoms with van der Waals surface area (Å²) in [6.45, 7) is 0.195. The van der Waals surface area contributed by atoms with E-state index in [9.17, 15) is 9.59 Å². The Morgan fingerprint density at radius 3 is 2.32 bits per heavy atom. The van der Waals surface area contributed by atoms with Crippen molar-refractivity contribution in [1.29, 1.82) is 0 Å². The quantitative estimate of drug-likeness (QED) is 0.307. The second-order valence-electron chi connectivity index (χ2n) is 9.83. The molecule has 1 fully saturated rings. The van der Waals surface area contributed by atoms with Crippen molar-refractivity contribution in [3.63, 3.8) is 0 Å². The molecule has 0 heterocycles. The molecule has 4 rings (SSSR count). The SMILES string of the molecule is COc1ccc(CC(=O)N(Cc2ccc(Cl)cc2Cl)C(Cc2ccccc2)C(=O)NC2CCCCC2)cc1. The summed E-state index contributed by atoms with van der Waals surface area (Å²) in [7, 11) is 1.61. The van der Waals surface area contributed by atoms with Gasteiger partial charge in [-0.2, -0.15) is 0 Å². The third-order valence-corrected chi connectivity index (χ3v) is 7.68. The summed E-state index contributed by atoms with van der Waals surface area (Å²) >= 11 is 12.7. The molecule has 2 amide bonds. The van der Waals surface area contributed by atoms with E-state index >= 15 is 0 Å². The van der Waals surface area contributed by atoms with Crippen LogP contribution < -0.4 is 10.1 Å². The van der Waals surface area contributed by atoms with E-state index in [2.05, 4.69) is 5.32 Å². The molecule has 0 bridgehead atoms. The number of hydrogen-bond acceptors (Lipinski definition) is 3. The molecule has 200 valence electrons. The van der Waals surface area contributed by atoms with E-state index in [1.165, 1.54) is 6.42 Å². The molecule has 0 spiro atoms. The molecular formula is C31H34Cl2N2O3. The maximum Gasteiger partial charge on any atom is 0.243 e. The van der Waals surface area contributed by atoms with Gasteiger partial charge in [-0.25, -0.2) is 0 Å². The predicted octanol–water partition coefficient (Wildman–Crippen LogP) is 6.63. The van der Waals surface area contributed by atoms with E-state index in [4.69, 9.17) is 27.9 Å². The number of nitrogens with one attached hydrogen (secondary N) is 1. The van der Waals surface area contributed by atoms with E-state index in [0.29, 0.717) is 16.5 Å². The lowest BCUT2D eigenvalue weighted by molar-refractivity contribution is -0.141. The molecule has 1 unspecified atom stereocenters. The minimum atomic E-state index is -0.697. The molecule has 3 aromatic carbocycles. The fraction of sp³-hybridized carbons (Fsp3) is 0.355. The van der Waals surface area contributed by atoms with Crippen LogP contribution in [-0.2, 0) is 29.0 Å². The smallest absolute Gasteiger partial charge is 0.243 e. The third kappa shape index (κ3) is 7.75. The summed E-state index contributed by atoms with van der Waals surface area (Å²) in [6.07, 6.45) is 5.89. The molecule has 5 nitrogen and oxygen atoms in total. The van der Waals surface area contributed by atoms with Crippen LogP contribution in [0.3, 0.4) is 0 Å². The van der Waals surface area contributed by atoms with Crippen LogP contribution in [0.1, 0.15) is 48.8 Å². The normalized spacial score (nSPS) is 14.5. The Morgan fingerprint density at radius 2 is 1.66 bits per heavy atom. The van der Waals surface area contributed by atoms with E-state index in [-0.39, 0.29) is 30.8 Å². The van der Waals surface area contributed by atoms with Crippen molar-refractivity contribution in [1.82, 2.24) is 10.2 Å². The number of ether oxygens (including phenoxy) is 1. The standard InChI is InChI=1S/C31H34Cl2N2O3/c1-38-27-16-12-23(13-17-27)19-30(36)35(21-24-14-15-25(32)20-28(24)33)29(18-22-8-4-2-5-9-22)31(37)34-26-10-6-3-7-11-26/h2,4-5,8-9,12-17,20,26,29H,3,6-7,10-11,18-19,21H2,1H3,(H,34,37). The maximum atomic E-state index is 13.9. The Bertz CT molecular complexity index is 1210. The first-order chi connectivity index (χ1) is 18.4. The summed E-state index contributed by atoms with van der Waals surface area (Å²) < 4.78 is 5.26. The Kier molecular flexibility index (Phi) is 10.1. The topological polar surface area (TPSA) is 58.6 Å². The van der Waals surface area contributed by atoms with Gasteiger partial charge in [0.15, 0.2) is 0 Å². The van der Waals surface area contributed by atoms with Crippen LogP contribution in [0, 0.1) is 0 Å². The first-order valence-corrected chi connectivity index (χ1v) is 13.9. The summed E-state index contributed by atoms with van der Waals surface area (Å²) in [4.78, 5) is 29.4. The van der Waals surface area contributed by atoms with Crippen LogP contribution in [-0.4, -0.2) is 35.9 Å². The van der Waals surface area contributed by atoms with E-state index in [1.54, 1.807) is 24.1 Å². The molecule has 1 N–H and O–H groups in total. The van der Waals surface area contributed by atoms with Gasteiger partial charge in [-0.15, -0.1) is 0 Å². The molecule has 38 heavy (non-hydrogen) atoms. The van der Waals surface area contributed by atoms with Gasteiger partial charge in [0.25, 0.3) is 0 Å². The minimum Gasteiger partial charge on any atom is -0.497 e. The highest BCUT2D eigenvalue weighted by Gasteiger charge is 2.32. The predicted molar refractivity (Wildman–Crippen MR) is 153 cm³/mol. The van der Waals surface area contributed by atoms with Crippen LogP contribution in [0.25, 0.3) is 0 Å². The van der Waals surface area contributed by atoms with Crippen molar-refractivity contribution in [3.05, 3.63) is 99.5 Å². The second kappa shape index (κ2) is 13.7. The third-order valence-electron chi connectivity index (χ3n) is 7.09. The lowest BCUT2D eigenvalue weighted by Crippen LogP contribution is -2.53. The van der Waals surface area contributed by atoms with Crippen LogP contribution in [0.2, 0.25) is 10.0 Å². The number of hydrogen-bond donors (Lipinski definition) is 1. The highest BCUT2D eigenvalue weighted by Crippen LogP contribution is 2.25. The van der Waals surface area contributed by atoms with Gasteiger partial charge < -0.3 is 15.0 Å². The zero-order valence-corrected chi connectivity index (χ0v) is 23.2. The maximum absolute atomic E-state index is 13.9. The highest BCUT2D eigenvalue weighted by atomic mass is 35.5. The summed E-state index contributed by atoms with van der Waals surface area (Å²) in [6, 6.07) is 21.9. The lowest BCUT2D eigenvalue weighted by atomic mass is 9.94. The van der Waals surface area contributed by atoms with Crippen LogP contribution in [0.4, 0.5) is 0 Å². The number of benzene rings is 3. The summed E-state index contributed by atoms with van der Waals surface area (Å²) in [5.74, 6) is 0.439.